The van der Waals surface area contributed by atoms with E-state index in [2.05, 4.69) is 4.98 Å². The van der Waals surface area contributed by atoms with Crippen LogP contribution in [0.2, 0.25) is 5.02 Å². The second-order valence-corrected chi connectivity index (χ2v) is 8.39. The third-order valence-electron chi connectivity index (χ3n) is 4.32. The number of halogens is 1. The summed E-state index contributed by atoms with van der Waals surface area (Å²) in [5.74, 6) is -0.279. The molecule has 1 aromatic heterocycles. The molecule has 0 radical (unpaired) electrons. The van der Waals surface area contributed by atoms with Gasteiger partial charge in [0.1, 0.15) is 12.4 Å². The summed E-state index contributed by atoms with van der Waals surface area (Å²) < 4.78 is 6.83. The number of nitrogen functional groups attached to an aromatic ring is 1. The number of ether oxygens (including phenoxy) is 1. The number of benzene rings is 1. The number of rotatable bonds is 9. The Bertz CT molecular complexity index is 997. The first-order chi connectivity index (χ1) is 14.1. The van der Waals surface area contributed by atoms with Crippen molar-refractivity contribution in [2.45, 2.75) is 40.8 Å². The van der Waals surface area contributed by atoms with Crippen molar-refractivity contribution in [3.63, 3.8) is 0 Å². The van der Waals surface area contributed by atoms with E-state index >= 15 is 0 Å². The largest absolute Gasteiger partial charge is 0.383 e. The van der Waals surface area contributed by atoms with Gasteiger partial charge >= 0.3 is 5.69 Å². The van der Waals surface area contributed by atoms with Gasteiger partial charge in [0.25, 0.3) is 11.5 Å². The SMILES string of the molecule is CC(C)CN(C(=O)COCc1ccccc1Cl)c1c(N)n(CC(C)C)c(=O)[nH]c1=O. The number of aromatic amines is 1. The summed E-state index contributed by atoms with van der Waals surface area (Å²) in [6, 6.07) is 7.19. The molecular weight excluding hydrogens is 408 g/mol. The predicted molar refractivity (Wildman–Crippen MR) is 119 cm³/mol. The van der Waals surface area contributed by atoms with Gasteiger partial charge in [-0.3, -0.25) is 19.1 Å². The van der Waals surface area contributed by atoms with E-state index in [0.717, 1.165) is 5.56 Å². The molecule has 0 saturated heterocycles. The van der Waals surface area contributed by atoms with Crippen molar-refractivity contribution in [2.24, 2.45) is 11.8 Å². The zero-order valence-electron chi connectivity index (χ0n) is 17.8. The number of nitrogens with two attached hydrogens (primary N) is 1. The Kier molecular flexibility index (Phi) is 8.25. The quantitative estimate of drug-likeness (QED) is 0.627. The highest BCUT2D eigenvalue weighted by Gasteiger charge is 2.25. The minimum atomic E-state index is -0.697. The average molecular weight is 437 g/mol. The van der Waals surface area contributed by atoms with Crippen LogP contribution in [0.5, 0.6) is 0 Å². The lowest BCUT2D eigenvalue weighted by atomic mass is 10.2. The first-order valence-electron chi connectivity index (χ1n) is 9.85. The summed E-state index contributed by atoms with van der Waals surface area (Å²) in [5.41, 5.74) is 5.61. The highest BCUT2D eigenvalue weighted by atomic mass is 35.5. The fourth-order valence-corrected chi connectivity index (χ4v) is 3.20. The highest BCUT2D eigenvalue weighted by molar-refractivity contribution is 6.31. The van der Waals surface area contributed by atoms with Gasteiger partial charge in [0, 0.05) is 18.1 Å². The van der Waals surface area contributed by atoms with Gasteiger partial charge in [-0.15, -0.1) is 0 Å². The molecule has 164 valence electrons. The lowest BCUT2D eigenvalue weighted by Crippen LogP contribution is -2.44. The highest BCUT2D eigenvalue weighted by Crippen LogP contribution is 2.20. The molecule has 1 amide bonds. The number of aromatic nitrogens is 2. The molecule has 3 N–H and O–H groups in total. The van der Waals surface area contributed by atoms with Crippen molar-refractivity contribution in [1.82, 2.24) is 9.55 Å². The molecule has 8 nitrogen and oxygen atoms in total. The summed E-state index contributed by atoms with van der Waals surface area (Å²) in [4.78, 5) is 41.3. The van der Waals surface area contributed by atoms with Gasteiger partial charge in [-0.25, -0.2) is 4.79 Å². The van der Waals surface area contributed by atoms with Crippen LogP contribution in [0.4, 0.5) is 11.5 Å². The maximum atomic E-state index is 12.9. The van der Waals surface area contributed by atoms with Crippen LogP contribution in [0.3, 0.4) is 0 Å². The van der Waals surface area contributed by atoms with E-state index in [0.29, 0.717) is 11.6 Å². The number of H-pyrrole nitrogens is 1. The van der Waals surface area contributed by atoms with Crippen LogP contribution in [-0.4, -0.2) is 28.6 Å². The van der Waals surface area contributed by atoms with E-state index in [4.69, 9.17) is 22.1 Å². The van der Waals surface area contributed by atoms with Crippen molar-refractivity contribution in [1.29, 1.82) is 0 Å². The molecular formula is C21H29ClN4O4. The van der Waals surface area contributed by atoms with Gasteiger partial charge in [0.05, 0.1) is 6.61 Å². The van der Waals surface area contributed by atoms with Crippen LogP contribution >= 0.6 is 11.6 Å². The number of carbonyl (C=O) groups excluding carboxylic acids is 1. The second kappa shape index (κ2) is 10.4. The maximum Gasteiger partial charge on any atom is 0.330 e. The molecule has 0 spiro atoms. The summed E-state index contributed by atoms with van der Waals surface area (Å²) in [5, 5.41) is 0.547. The first kappa shape index (κ1) is 23.7. The zero-order chi connectivity index (χ0) is 22.4. The summed E-state index contributed by atoms with van der Waals surface area (Å²) in [6.45, 7) is 8.15. The zero-order valence-corrected chi connectivity index (χ0v) is 18.5. The van der Waals surface area contributed by atoms with Crippen LogP contribution in [0, 0.1) is 11.8 Å². The molecule has 0 aliphatic heterocycles. The third kappa shape index (κ3) is 5.96. The number of nitrogens with zero attached hydrogens (tertiary/aromatic N) is 2. The fraction of sp³-hybridized carbons (Fsp3) is 0.476. The van der Waals surface area contributed by atoms with Crippen LogP contribution in [0.25, 0.3) is 0 Å². The molecule has 0 aliphatic rings. The van der Waals surface area contributed by atoms with Gasteiger partial charge in [-0.05, 0) is 23.5 Å². The molecule has 0 bridgehead atoms. The Hall–Kier alpha value is -2.58. The van der Waals surface area contributed by atoms with Gasteiger partial charge < -0.3 is 15.4 Å². The van der Waals surface area contributed by atoms with Crippen molar-refractivity contribution >= 4 is 29.0 Å². The lowest BCUT2D eigenvalue weighted by molar-refractivity contribution is -0.123. The van der Waals surface area contributed by atoms with Crippen LogP contribution in [-0.2, 0) is 22.7 Å². The van der Waals surface area contributed by atoms with E-state index in [1.165, 1.54) is 9.47 Å². The predicted octanol–water partition coefficient (Wildman–Crippen LogP) is 2.63. The molecule has 1 aromatic carbocycles. The number of carbonyl (C=O) groups is 1. The lowest BCUT2D eigenvalue weighted by Gasteiger charge is -2.26. The molecule has 0 fully saturated rings. The van der Waals surface area contributed by atoms with E-state index in [-0.39, 0.29) is 43.1 Å². The minimum absolute atomic E-state index is 0.0300. The van der Waals surface area contributed by atoms with E-state index in [1.54, 1.807) is 6.07 Å². The summed E-state index contributed by atoms with van der Waals surface area (Å²) >= 11 is 6.11. The number of anilines is 2. The maximum absolute atomic E-state index is 12.9. The molecule has 0 saturated carbocycles. The van der Waals surface area contributed by atoms with E-state index < -0.39 is 17.2 Å². The van der Waals surface area contributed by atoms with Gasteiger partial charge in [-0.2, -0.15) is 0 Å². The Labute approximate surface area is 180 Å². The monoisotopic (exact) mass is 436 g/mol. The standard InChI is InChI=1S/C21H29ClN4O4/c1-13(2)9-25(17(27)12-30-11-15-7-5-6-8-16(15)22)18-19(23)26(10-14(3)4)21(29)24-20(18)28/h5-8,13-14H,9-12,23H2,1-4H3,(H,24,28,29). The topological polar surface area (TPSA) is 110 Å². The Balaban J connectivity index is 2.31. The molecule has 30 heavy (non-hydrogen) atoms. The molecule has 0 unspecified atom stereocenters. The number of nitrogens with one attached hydrogen (secondary N) is 1. The normalized spacial score (nSPS) is 11.3. The third-order valence-corrected chi connectivity index (χ3v) is 4.69. The smallest absolute Gasteiger partial charge is 0.330 e. The number of hydrogen-bond donors (Lipinski definition) is 2. The first-order valence-corrected chi connectivity index (χ1v) is 10.2. The Morgan fingerprint density at radius 2 is 1.87 bits per heavy atom. The molecule has 0 aliphatic carbocycles. The van der Waals surface area contributed by atoms with Gasteiger partial charge in [0.2, 0.25) is 0 Å². The molecule has 2 aromatic rings. The van der Waals surface area contributed by atoms with E-state index in [1.807, 2.05) is 45.9 Å². The van der Waals surface area contributed by atoms with E-state index in [9.17, 15) is 14.4 Å². The molecule has 9 heteroatoms. The van der Waals surface area contributed by atoms with Crippen LogP contribution in [0.15, 0.2) is 33.9 Å². The Morgan fingerprint density at radius 1 is 1.20 bits per heavy atom. The number of hydrogen-bond acceptors (Lipinski definition) is 5. The summed E-state index contributed by atoms with van der Waals surface area (Å²) in [6.07, 6.45) is 0. The van der Waals surface area contributed by atoms with Crippen molar-refractivity contribution in [3.8, 4) is 0 Å². The van der Waals surface area contributed by atoms with Crippen LogP contribution in [0.1, 0.15) is 33.3 Å². The summed E-state index contributed by atoms with van der Waals surface area (Å²) in [7, 11) is 0. The molecule has 0 atom stereocenters. The van der Waals surface area contributed by atoms with Crippen molar-refractivity contribution in [2.75, 3.05) is 23.8 Å². The fourth-order valence-electron chi connectivity index (χ4n) is 3.01. The Morgan fingerprint density at radius 3 is 2.47 bits per heavy atom. The average Bonchev–Trinajstić information content (AvgIpc) is 2.65. The number of amides is 1. The van der Waals surface area contributed by atoms with Crippen LogP contribution < -0.4 is 21.9 Å². The van der Waals surface area contributed by atoms with Crippen molar-refractivity contribution < 1.29 is 9.53 Å². The molecule has 1 heterocycles. The van der Waals surface area contributed by atoms with Gasteiger partial charge in [0.15, 0.2) is 5.69 Å². The molecule has 2 rings (SSSR count). The second-order valence-electron chi connectivity index (χ2n) is 7.98. The minimum Gasteiger partial charge on any atom is -0.383 e. The van der Waals surface area contributed by atoms with Gasteiger partial charge in [-0.1, -0.05) is 57.5 Å². The van der Waals surface area contributed by atoms with Crippen molar-refractivity contribution in [3.05, 3.63) is 55.7 Å².